The molecule has 4 N–H and O–H groups in total. The lowest BCUT2D eigenvalue weighted by atomic mass is 9.99. The summed E-state index contributed by atoms with van der Waals surface area (Å²) in [5.41, 5.74) is 1.79. The molecular formula is C20H23NO7. The highest BCUT2D eigenvalue weighted by molar-refractivity contribution is 5.79. The predicted molar refractivity (Wildman–Crippen MR) is 99.7 cm³/mol. The Balaban J connectivity index is 1.51. The third-order valence-electron chi connectivity index (χ3n) is 4.34. The molecule has 0 bridgehead atoms. The molecule has 0 radical (unpaired) electrons. The zero-order valence-electron chi connectivity index (χ0n) is 15.0. The van der Waals surface area contributed by atoms with Crippen LogP contribution in [0.1, 0.15) is 11.1 Å². The first-order valence-electron chi connectivity index (χ1n) is 8.85. The fourth-order valence-corrected chi connectivity index (χ4v) is 2.70. The Hall–Kier alpha value is -2.49. The first kappa shape index (κ1) is 20.2. The maximum absolute atomic E-state index is 9.88. The number of oxime groups is 1. The quantitative estimate of drug-likeness (QED) is 0.400. The lowest BCUT2D eigenvalue weighted by Crippen LogP contribution is -2.58. The number of nitrogens with zero attached hydrogens (tertiary/aromatic N) is 1. The number of hydrogen-bond donors (Lipinski definition) is 4. The van der Waals surface area contributed by atoms with Gasteiger partial charge in [-0.15, -0.1) is 0 Å². The first-order valence-corrected chi connectivity index (χ1v) is 8.85. The van der Waals surface area contributed by atoms with Gasteiger partial charge >= 0.3 is 0 Å². The monoisotopic (exact) mass is 389 g/mol. The van der Waals surface area contributed by atoms with E-state index in [2.05, 4.69) is 5.16 Å². The number of benzene rings is 2. The number of hydrogen-bond acceptors (Lipinski definition) is 8. The van der Waals surface area contributed by atoms with Gasteiger partial charge < -0.3 is 34.7 Å². The summed E-state index contributed by atoms with van der Waals surface area (Å²) in [6, 6.07) is 17.0. The van der Waals surface area contributed by atoms with E-state index in [4.69, 9.17) is 19.4 Å². The summed E-state index contributed by atoms with van der Waals surface area (Å²) in [4.78, 5) is 5.07. The maximum atomic E-state index is 9.88. The molecule has 1 heterocycles. The molecule has 0 saturated carbocycles. The van der Waals surface area contributed by atoms with Crippen LogP contribution in [0.25, 0.3) is 0 Å². The van der Waals surface area contributed by atoms with Crippen molar-refractivity contribution in [3.63, 3.8) is 0 Å². The van der Waals surface area contributed by atoms with Crippen molar-refractivity contribution in [1.29, 1.82) is 0 Å². The van der Waals surface area contributed by atoms with E-state index in [0.717, 1.165) is 11.1 Å². The Bertz CT molecular complexity index is 751. The lowest BCUT2D eigenvalue weighted by molar-refractivity contribution is -0.301. The van der Waals surface area contributed by atoms with Crippen LogP contribution in [-0.2, 0) is 16.2 Å². The molecule has 0 spiro atoms. The van der Waals surface area contributed by atoms with E-state index < -0.39 is 37.3 Å². The van der Waals surface area contributed by atoms with Crippen LogP contribution in [0.15, 0.2) is 59.8 Å². The van der Waals surface area contributed by atoms with Gasteiger partial charge in [0.25, 0.3) is 6.29 Å². The molecule has 2 aromatic carbocycles. The van der Waals surface area contributed by atoms with Crippen LogP contribution in [0.5, 0.6) is 5.75 Å². The molecule has 0 aliphatic carbocycles. The number of rotatable bonds is 7. The number of ether oxygens (including phenoxy) is 2. The van der Waals surface area contributed by atoms with Crippen molar-refractivity contribution in [2.24, 2.45) is 5.16 Å². The first-order chi connectivity index (χ1) is 13.6. The summed E-state index contributed by atoms with van der Waals surface area (Å²) in [5.74, 6) is 0.704. The Labute approximate surface area is 162 Å². The van der Waals surface area contributed by atoms with Crippen molar-refractivity contribution in [2.45, 2.75) is 37.3 Å². The minimum atomic E-state index is -1.51. The summed E-state index contributed by atoms with van der Waals surface area (Å²) in [7, 11) is 0. The van der Waals surface area contributed by atoms with Crippen LogP contribution in [0.4, 0.5) is 0 Å². The molecule has 8 nitrogen and oxygen atoms in total. The molecule has 3 rings (SSSR count). The zero-order chi connectivity index (χ0) is 19.9. The van der Waals surface area contributed by atoms with E-state index in [1.165, 1.54) is 6.21 Å². The van der Waals surface area contributed by atoms with Gasteiger partial charge in [-0.2, -0.15) is 0 Å². The van der Waals surface area contributed by atoms with Crippen molar-refractivity contribution in [3.8, 4) is 5.75 Å². The van der Waals surface area contributed by atoms with Crippen LogP contribution in [0.2, 0.25) is 0 Å². The molecule has 28 heavy (non-hydrogen) atoms. The smallest absolute Gasteiger partial charge is 0.256 e. The molecule has 5 atom stereocenters. The highest BCUT2D eigenvalue weighted by Gasteiger charge is 2.44. The van der Waals surface area contributed by atoms with E-state index in [-0.39, 0.29) is 0 Å². The predicted octanol–water partition coefficient (Wildman–Crippen LogP) is 0.416. The summed E-state index contributed by atoms with van der Waals surface area (Å²) in [6.07, 6.45) is -5.38. The number of aliphatic hydroxyl groups is 4. The van der Waals surface area contributed by atoms with Gasteiger partial charge in [0.1, 0.15) is 36.8 Å². The molecule has 150 valence electrons. The summed E-state index contributed by atoms with van der Waals surface area (Å²) >= 11 is 0. The van der Waals surface area contributed by atoms with Gasteiger partial charge in [-0.1, -0.05) is 35.5 Å². The van der Waals surface area contributed by atoms with E-state index in [1.807, 2.05) is 30.3 Å². The minimum absolute atomic E-state index is 0.467. The van der Waals surface area contributed by atoms with Crippen molar-refractivity contribution >= 4 is 6.21 Å². The number of aliphatic hydroxyl groups excluding tert-OH is 4. The maximum Gasteiger partial charge on any atom is 0.256 e. The van der Waals surface area contributed by atoms with Crippen LogP contribution in [-0.4, -0.2) is 64.0 Å². The molecule has 1 fully saturated rings. The summed E-state index contributed by atoms with van der Waals surface area (Å²) < 4.78 is 10.9. The van der Waals surface area contributed by atoms with Crippen LogP contribution < -0.4 is 4.74 Å². The van der Waals surface area contributed by atoms with Gasteiger partial charge in [0.2, 0.25) is 0 Å². The second kappa shape index (κ2) is 9.63. The third kappa shape index (κ3) is 5.06. The average Bonchev–Trinajstić information content (AvgIpc) is 2.74. The van der Waals surface area contributed by atoms with Crippen molar-refractivity contribution in [2.75, 3.05) is 6.61 Å². The van der Waals surface area contributed by atoms with E-state index in [1.54, 1.807) is 24.3 Å². The largest absolute Gasteiger partial charge is 0.489 e. The Morgan fingerprint density at radius 3 is 2.32 bits per heavy atom. The topological polar surface area (TPSA) is 121 Å². The second-order valence-electron chi connectivity index (χ2n) is 6.38. The lowest BCUT2D eigenvalue weighted by Gasteiger charge is -2.38. The fourth-order valence-electron chi connectivity index (χ4n) is 2.70. The molecule has 0 amide bonds. The summed E-state index contributed by atoms with van der Waals surface area (Å²) in [6.45, 7) is -0.0620. The molecule has 1 aliphatic rings. The highest BCUT2D eigenvalue weighted by Crippen LogP contribution is 2.22. The van der Waals surface area contributed by atoms with Gasteiger partial charge in [0, 0.05) is 0 Å². The zero-order valence-corrected chi connectivity index (χ0v) is 15.0. The molecular weight excluding hydrogens is 366 g/mol. The normalized spacial score (nSPS) is 27.6. The highest BCUT2D eigenvalue weighted by atomic mass is 16.8. The average molecular weight is 389 g/mol. The van der Waals surface area contributed by atoms with Gasteiger partial charge in [-0.3, -0.25) is 0 Å². The third-order valence-corrected chi connectivity index (χ3v) is 4.34. The van der Waals surface area contributed by atoms with Crippen LogP contribution in [0, 0.1) is 0 Å². The van der Waals surface area contributed by atoms with Crippen molar-refractivity contribution < 1.29 is 34.7 Å². The van der Waals surface area contributed by atoms with Crippen molar-refractivity contribution in [3.05, 3.63) is 65.7 Å². The van der Waals surface area contributed by atoms with E-state index >= 15 is 0 Å². The van der Waals surface area contributed by atoms with Gasteiger partial charge in [-0.25, -0.2) is 0 Å². The van der Waals surface area contributed by atoms with Crippen LogP contribution >= 0.6 is 0 Å². The summed E-state index contributed by atoms with van der Waals surface area (Å²) in [5, 5.41) is 42.2. The molecule has 8 heteroatoms. The van der Waals surface area contributed by atoms with E-state index in [9.17, 15) is 15.3 Å². The Kier molecular flexibility index (Phi) is 6.96. The SMILES string of the molecule is OCC1O[C@@H](O/N=C/c2ccc(OCc3ccccc3)cc2)C(O)[C@@H](O)C1O. The Morgan fingerprint density at radius 1 is 0.929 bits per heavy atom. The van der Waals surface area contributed by atoms with Crippen LogP contribution in [0.3, 0.4) is 0 Å². The van der Waals surface area contributed by atoms with Gasteiger partial charge in [-0.05, 0) is 35.4 Å². The van der Waals surface area contributed by atoms with Gasteiger partial charge in [0.15, 0.2) is 0 Å². The van der Waals surface area contributed by atoms with Crippen molar-refractivity contribution in [1.82, 2.24) is 0 Å². The second-order valence-corrected chi connectivity index (χ2v) is 6.38. The molecule has 2 aromatic rings. The standard InChI is InChI=1S/C20H23NO7/c22-11-16-17(23)18(24)19(25)20(27-16)28-21-10-13-6-8-15(9-7-13)26-12-14-4-2-1-3-5-14/h1-10,16-20,22-25H,11-12H2/b21-10+/t16?,17?,18-,19?,20-/m0/s1. The molecule has 0 aromatic heterocycles. The fraction of sp³-hybridized carbons (Fsp3) is 0.350. The van der Waals surface area contributed by atoms with E-state index in [0.29, 0.717) is 12.4 Å². The van der Waals surface area contributed by atoms with Gasteiger partial charge in [0.05, 0.1) is 12.8 Å². The molecule has 1 aliphatic heterocycles. The molecule has 1 saturated heterocycles. The molecule has 3 unspecified atom stereocenters. The minimum Gasteiger partial charge on any atom is -0.489 e. The Morgan fingerprint density at radius 2 is 1.64 bits per heavy atom.